The maximum Gasteiger partial charge on any atom is 0.251 e. The lowest BCUT2D eigenvalue weighted by atomic mass is 10.1. The lowest BCUT2D eigenvalue weighted by molar-refractivity contribution is 0.0940. The molecule has 0 aliphatic heterocycles. The zero-order valence-corrected chi connectivity index (χ0v) is 15.0. The summed E-state index contributed by atoms with van der Waals surface area (Å²) >= 11 is 0. The summed E-state index contributed by atoms with van der Waals surface area (Å²) in [5.74, 6) is 1.29. The Morgan fingerprint density at radius 1 is 1.23 bits per heavy atom. The molecule has 6 heteroatoms. The van der Waals surface area contributed by atoms with Crippen LogP contribution < -0.4 is 10.1 Å². The number of benzene rings is 1. The first-order valence-electron chi connectivity index (χ1n) is 8.40. The number of ether oxygens (including phenoxy) is 1. The van der Waals surface area contributed by atoms with Crippen LogP contribution in [0, 0.1) is 13.8 Å². The number of carbonyl (C=O) groups excluding carboxylic acids is 1. The molecule has 0 saturated heterocycles. The van der Waals surface area contributed by atoms with Crippen LogP contribution in [0.4, 0.5) is 0 Å². The Labute approximate surface area is 152 Å². The fourth-order valence-corrected chi connectivity index (χ4v) is 2.56. The monoisotopic (exact) mass is 351 g/mol. The van der Waals surface area contributed by atoms with Crippen LogP contribution in [0.25, 0.3) is 0 Å². The first-order valence-corrected chi connectivity index (χ1v) is 8.40. The Balaban J connectivity index is 1.59. The van der Waals surface area contributed by atoms with Crippen molar-refractivity contribution in [1.82, 2.24) is 15.5 Å². The van der Waals surface area contributed by atoms with Crippen molar-refractivity contribution in [2.75, 3.05) is 0 Å². The average Bonchev–Trinajstić information content (AvgIpc) is 2.99. The Morgan fingerprint density at radius 2 is 2.00 bits per heavy atom. The molecule has 1 aromatic carbocycles. The summed E-state index contributed by atoms with van der Waals surface area (Å²) in [4.78, 5) is 16.5. The van der Waals surface area contributed by atoms with Gasteiger partial charge in [0.15, 0.2) is 0 Å². The summed E-state index contributed by atoms with van der Waals surface area (Å²) in [6, 6.07) is 10.7. The number of aromatic nitrogens is 2. The van der Waals surface area contributed by atoms with E-state index < -0.39 is 0 Å². The van der Waals surface area contributed by atoms with Gasteiger partial charge in [0.2, 0.25) is 0 Å². The van der Waals surface area contributed by atoms with Crippen molar-refractivity contribution in [1.29, 1.82) is 0 Å². The summed E-state index contributed by atoms with van der Waals surface area (Å²) in [6.45, 7) is 6.04. The van der Waals surface area contributed by atoms with Crippen LogP contribution in [-0.4, -0.2) is 16.0 Å². The van der Waals surface area contributed by atoms with E-state index in [9.17, 15) is 4.79 Å². The second-order valence-corrected chi connectivity index (χ2v) is 6.10. The number of amides is 1. The van der Waals surface area contributed by atoms with E-state index in [0.29, 0.717) is 17.9 Å². The van der Waals surface area contributed by atoms with Crippen LogP contribution in [0.1, 0.15) is 45.9 Å². The van der Waals surface area contributed by atoms with Crippen molar-refractivity contribution in [2.45, 2.75) is 33.4 Å². The second-order valence-electron chi connectivity index (χ2n) is 6.10. The van der Waals surface area contributed by atoms with Crippen molar-refractivity contribution < 1.29 is 14.1 Å². The molecule has 134 valence electrons. The van der Waals surface area contributed by atoms with Gasteiger partial charge in [-0.1, -0.05) is 11.2 Å². The highest BCUT2D eigenvalue weighted by Crippen LogP contribution is 2.18. The van der Waals surface area contributed by atoms with Crippen molar-refractivity contribution in [3.63, 3.8) is 0 Å². The Bertz CT molecular complexity index is 854. The lowest BCUT2D eigenvalue weighted by Crippen LogP contribution is -2.26. The molecule has 0 aliphatic carbocycles. The van der Waals surface area contributed by atoms with Crippen molar-refractivity contribution in [2.24, 2.45) is 0 Å². The molecule has 2 aromatic heterocycles. The summed E-state index contributed by atoms with van der Waals surface area (Å²) in [6.07, 6.45) is 3.45. The lowest BCUT2D eigenvalue weighted by Gasteiger charge is -2.14. The first-order chi connectivity index (χ1) is 12.5. The van der Waals surface area contributed by atoms with Crippen LogP contribution in [0.15, 0.2) is 53.3 Å². The molecule has 26 heavy (non-hydrogen) atoms. The van der Waals surface area contributed by atoms with Crippen LogP contribution in [0.5, 0.6) is 5.75 Å². The Kier molecular flexibility index (Phi) is 5.31. The fourth-order valence-electron chi connectivity index (χ4n) is 2.56. The van der Waals surface area contributed by atoms with Gasteiger partial charge in [0.25, 0.3) is 5.91 Å². The third-order valence-corrected chi connectivity index (χ3v) is 4.21. The molecule has 0 spiro atoms. The number of aryl methyl sites for hydroxylation is 2. The van der Waals surface area contributed by atoms with E-state index in [1.807, 2.05) is 32.9 Å². The molecule has 6 nitrogen and oxygen atoms in total. The number of nitrogens with zero attached hydrogens (tertiary/aromatic N) is 2. The molecule has 1 atom stereocenters. The van der Waals surface area contributed by atoms with Crippen molar-refractivity contribution in [3.8, 4) is 5.75 Å². The topological polar surface area (TPSA) is 77.2 Å². The van der Waals surface area contributed by atoms with Gasteiger partial charge in [0.05, 0.1) is 17.3 Å². The average molecular weight is 351 g/mol. The van der Waals surface area contributed by atoms with Gasteiger partial charge in [-0.2, -0.15) is 0 Å². The standard InChI is InChI=1S/C20H21N3O3/c1-13(17-5-4-10-21-11-17)22-20(24)16-6-8-18(9-7-16)25-12-19-14(2)23-26-15(19)3/h4-11,13H,12H2,1-3H3,(H,22,24)/t13-/m0/s1. The highest BCUT2D eigenvalue weighted by atomic mass is 16.5. The maximum absolute atomic E-state index is 12.4. The minimum Gasteiger partial charge on any atom is -0.489 e. The van der Waals surface area contributed by atoms with E-state index in [0.717, 1.165) is 22.6 Å². The van der Waals surface area contributed by atoms with Gasteiger partial charge >= 0.3 is 0 Å². The number of pyridine rings is 1. The minimum atomic E-state index is -0.140. The van der Waals surface area contributed by atoms with Crippen LogP contribution in [0.2, 0.25) is 0 Å². The minimum absolute atomic E-state index is 0.119. The second kappa shape index (κ2) is 7.82. The number of hydrogen-bond acceptors (Lipinski definition) is 5. The maximum atomic E-state index is 12.4. The van der Waals surface area contributed by atoms with Crippen molar-refractivity contribution >= 4 is 5.91 Å². The van der Waals surface area contributed by atoms with Gasteiger partial charge in [-0.3, -0.25) is 9.78 Å². The molecular formula is C20H21N3O3. The molecule has 0 aliphatic rings. The Hall–Kier alpha value is -3.15. The highest BCUT2D eigenvalue weighted by Gasteiger charge is 2.12. The number of nitrogens with one attached hydrogen (secondary N) is 1. The zero-order chi connectivity index (χ0) is 18.5. The zero-order valence-electron chi connectivity index (χ0n) is 15.0. The molecule has 3 aromatic rings. The summed E-state index contributed by atoms with van der Waals surface area (Å²) in [5, 5.41) is 6.87. The quantitative estimate of drug-likeness (QED) is 0.732. The fraction of sp³-hybridized carbons (Fsp3) is 0.250. The summed E-state index contributed by atoms with van der Waals surface area (Å²) in [5.41, 5.74) is 3.30. The molecule has 0 fully saturated rings. The van der Waals surface area contributed by atoms with Gasteiger partial charge in [-0.15, -0.1) is 0 Å². The normalized spacial score (nSPS) is 11.8. The molecule has 0 saturated carbocycles. The molecule has 0 bridgehead atoms. The first kappa shape index (κ1) is 17.7. The highest BCUT2D eigenvalue weighted by molar-refractivity contribution is 5.94. The number of rotatable bonds is 6. The summed E-state index contributed by atoms with van der Waals surface area (Å²) < 4.78 is 10.9. The largest absolute Gasteiger partial charge is 0.489 e. The van der Waals surface area contributed by atoms with Crippen LogP contribution in [0.3, 0.4) is 0 Å². The third-order valence-electron chi connectivity index (χ3n) is 4.21. The van der Waals surface area contributed by atoms with E-state index in [-0.39, 0.29) is 11.9 Å². The van der Waals surface area contributed by atoms with Crippen LogP contribution in [-0.2, 0) is 6.61 Å². The Morgan fingerprint density at radius 3 is 2.62 bits per heavy atom. The van der Waals surface area contributed by atoms with E-state index in [1.54, 1.807) is 36.7 Å². The smallest absolute Gasteiger partial charge is 0.251 e. The molecule has 1 amide bonds. The SMILES string of the molecule is Cc1noc(C)c1COc1ccc(C(=O)N[C@@H](C)c2cccnc2)cc1. The van der Waals surface area contributed by atoms with E-state index >= 15 is 0 Å². The van der Waals surface area contributed by atoms with E-state index in [1.165, 1.54) is 0 Å². The molecule has 3 rings (SSSR count). The molecule has 1 N–H and O–H groups in total. The third kappa shape index (κ3) is 4.08. The van der Waals surface area contributed by atoms with Crippen molar-refractivity contribution in [3.05, 3.63) is 76.9 Å². The van der Waals surface area contributed by atoms with Gasteiger partial charge in [-0.05, 0) is 56.7 Å². The number of carbonyl (C=O) groups is 1. The van der Waals surface area contributed by atoms with Gasteiger partial charge < -0.3 is 14.6 Å². The molecule has 0 radical (unpaired) electrons. The van der Waals surface area contributed by atoms with E-state index in [2.05, 4.69) is 15.5 Å². The van der Waals surface area contributed by atoms with Crippen LogP contribution >= 0.6 is 0 Å². The van der Waals surface area contributed by atoms with Gasteiger partial charge in [-0.25, -0.2) is 0 Å². The van der Waals surface area contributed by atoms with E-state index in [4.69, 9.17) is 9.26 Å². The molecule has 2 heterocycles. The predicted molar refractivity (Wildman–Crippen MR) is 96.9 cm³/mol. The number of hydrogen-bond donors (Lipinski definition) is 1. The van der Waals surface area contributed by atoms with Gasteiger partial charge in [0.1, 0.15) is 18.1 Å². The summed E-state index contributed by atoms with van der Waals surface area (Å²) in [7, 11) is 0. The van der Waals surface area contributed by atoms with Gasteiger partial charge in [0, 0.05) is 18.0 Å². The molecule has 0 unspecified atom stereocenters. The predicted octanol–water partition coefficient (Wildman–Crippen LogP) is 3.76. The molecular weight excluding hydrogens is 330 g/mol.